The second kappa shape index (κ2) is 6.84. The van der Waals surface area contributed by atoms with Gasteiger partial charge in [0.1, 0.15) is 18.1 Å². The zero-order valence-electron chi connectivity index (χ0n) is 14.0. The summed E-state index contributed by atoms with van der Waals surface area (Å²) in [5.74, 6) is -0.840. The van der Waals surface area contributed by atoms with Crippen molar-refractivity contribution in [2.45, 2.75) is 27.0 Å². The van der Waals surface area contributed by atoms with E-state index in [1.807, 2.05) is 6.92 Å². The van der Waals surface area contributed by atoms with Crippen LogP contribution in [0.15, 0.2) is 47.3 Å². The number of ether oxygens (including phenoxy) is 1. The molecule has 2 aromatic carbocycles. The molecule has 0 unspecified atom stereocenters. The quantitative estimate of drug-likeness (QED) is 0.684. The highest BCUT2D eigenvalue weighted by Gasteiger charge is 2.12. The highest BCUT2D eigenvalue weighted by molar-refractivity contribution is 5.93. The molecular weight excluding hydrogens is 323 g/mol. The number of esters is 1. The normalized spacial score (nSPS) is 10.8. The van der Waals surface area contributed by atoms with E-state index in [1.165, 1.54) is 12.1 Å². The molecule has 0 aliphatic carbocycles. The first-order valence-electron chi connectivity index (χ1n) is 7.92. The van der Waals surface area contributed by atoms with E-state index in [-0.39, 0.29) is 18.0 Å². The minimum absolute atomic E-state index is 0.0536. The van der Waals surface area contributed by atoms with Gasteiger partial charge in [-0.15, -0.1) is 0 Å². The summed E-state index contributed by atoms with van der Waals surface area (Å²) in [5.41, 5.74) is 2.53. The molecule has 0 saturated heterocycles. The van der Waals surface area contributed by atoms with Gasteiger partial charge in [-0.2, -0.15) is 0 Å². The molecule has 0 aliphatic heterocycles. The van der Waals surface area contributed by atoms with Gasteiger partial charge in [0.05, 0.1) is 16.6 Å². The minimum Gasteiger partial charge on any atom is -0.457 e. The number of halogens is 1. The Morgan fingerprint density at radius 1 is 1.20 bits per heavy atom. The third kappa shape index (κ3) is 3.42. The number of aryl methyl sites for hydroxylation is 2. The van der Waals surface area contributed by atoms with E-state index in [1.54, 1.807) is 41.8 Å². The van der Waals surface area contributed by atoms with Crippen LogP contribution in [0.3, 0.4) is 0 Å². The summed E-state index contributed by atoms with van der Waals surface area (Å²) in [7, 11) is 0. The Labute approximate surface area is 143 Å². The fourth-order valence-electron chi connectivity index (χ4n) is 2.63. The molecule has 3 rings (SSSR count). The number of benzene rings is 2. The van der Waals surface area contributed by atoms with Gasteiger partial charge in [0.25, 0.3) is 5.56 Å². The van der Waals surface area contributed by atoms with Crippen molar-refractivity contribution >= 4 is 17.0 Å². The number of fused-ring (bicyclic) bond motifs is 1. The molecule has 0 saturated carbocycles. The molecule has 0 amide bonds. The lowest BCUT2D eigenvalue weighted by atomic mass is 10.2. The van der Waals surface area contributed by atoms with E-state index in [0.717, 1.165) is 0 Å². The Kier molecular flexibility index (Phi) is 4.61. The number of carbonyl (C=O) groups is 1. The van der Waals surface area contributed by atoms with E-state index >= 15 is 0 Å². The summed E-state index contributed by atoms with van der Waals surface area (Å²) in [5, 5.41) is 0. The first kappa shape index (κ1) is 16.8. The van der Waals surface area contributed by atoms with Crippen molar-refractivity contribution in [2.75, 3.05) is 0 Å². The third-order valence-corrected chi connectivity index (χ3v) is 3.94. The van der Waals surface area contributed by atoms with Crippen molar-refractivity contribution in [3.63, 3.8) is 0 Å². The van der Waals surface area contributed by atoms with Crippen LogP contribution < -0.4 is 5.56 Å². The topological polar surface area (TPSA) is 61.2 Å². The summed E-state index contributed by atoms with van der Waals surface area (Å²) in [6, 6.07) is 10.7. The van der Waals surface area contributed by atoms with Gasteiger partial charge in [-0.05, 0) is 49.7 Å². The average molecular weight is 340 g/mol. The fraction of sp³-hybridized carbons (Fsp3) is 0.211. The van der Waals surface area contributed by atoms with Crippen molar-refractivity contribution in [1.29, 1.82) is 0 Å². The Balaban J connectivity index is 1.85. The Hall–Kier alpha value is -3.02. The maximum atomic E-state index is 12.9. The molecule has 0 aliphatic rings. The molecule has 0 spiro atoms. The van der Waals surface area contributed by atoms with Gasteiger partial charge in [-0.25, -0.2) is 14.2 Å². The van der Waals surface area contributed by atoms with Gasteiger partial charge in [0.2, 0.25) is 0 Å². The monoisotopic (exact) mass is 340 g/mol. The van der Waals surface area contributed by atoms with Crippen molar-refractivity contribution in [3.8, 4) is 0 Å². The molecule has 3 aromatic rings. The Bertz CT molecular complexity index is 994. The number of carbonyl (C=O) groups excluding carboxylic acids is 1. The van der Waals surface area contributed by atoms with E-state index in [0.29, 0.717) is 34.4 Å². The van der Waals surface area contributed by atoms with Crippen LogP contribution in [0.5, 0.6) is 0 Å². The molecule has 5 nitrogen and oxygen atoms in total. The number of rotatable bonds is 4. The maximum absolute atomic E-state index is 12.9. The number of aromatic nitrogens is 2. The van der Waals surface area contributed by atoms with E-state index in [9.17, 15) is 14.0 Å². The molecule has 0 bridgehead atoms. The van der Waals surface area contributed by atoms with E-state index in [4.69, 9.17) is 4.74 Å². The molecule has 1 aromatic heterocycles. The Morgan fingerprint density at radius 2 is 1.92 bits per heavy atom. The van der Waals surface area contributed by atoms with Crippen molar-refractivity contribution in [1.82, 2.24) is 9.55 Å². The van der Waals surface area contributed by atoms with Gasteiger partial charge in [-0.1, -0.05) is 12.1 Å². The van der Waals surface area contributed by atoms with Gasteiger partial charge < -0.3 is 9.30 Å². The molecule has 1 heterocycles. The van der Waals surface area contributed by atoms with E-state index in [2.05, 4.69) is 4.98 Å². The maximum Gasteiger partial charge on any atom is 0.338 e. The number of hydrogen-bond acceptors (Lipinski definition) is 4. The zero-order chi connectivity index (χ0) is 18.0. The van der Waals surface area contributed by atoms with Crippen LogP contribution in [0.4, 0.5) is 4.39 Å². The van der Waals surface area contributed by atoms with Gasteiger partial charge in [0.15, 0.2) is 0 Å². The molecule has 0 radical (unpaired) electrons. The smallest absolute Gasteiger partial charge is 0.338 e. The highest BCUT2D eigenvalue weighted by Crippen LogP contribution is 2.15. The zero-order valence-corrected chi connectivity index (χ0v) is 14.0. The standard InChI is InChI=1S/C19H17FN2O3/c1-3-22-17-9-6-14(10-16(17)21-12(2)18(22)23)19(24)25-11-13-4-7-15(20)8-5-13/h4-10H,3,11H2,1-2H3. The lowest BCUT2D eigenvalue weighted by Crippen LogP contribution is -2.23. The number of nitrogens with zero attached hydrogens (tertiary/aromatic N) is 2. The molecule has 0 atom stereocenters. The predicted molar refractivity (Wildman–Crippen MR) is 91.9 cm³/mol. The van der Waals surface area contributed by atoms with E-state index < -0.39 is 5.97 Å². The second-order valence-corrected chi connectivity index (χ2v) is 5.65. The van der Waals surface area contributed by atoms with Crippen LogP contribution in [0.2, 0.25) is 0 Å². The van der Waals surface area contributed by atoms with Gasteiger partial charge >= 0.3 is 5.97 Å². The molecular formula is C19H17FN2O3. The van der Waals surface area contributed by atoms with Crippen LogP contribution >= 0.6 is 0 Å². The summed E-state index contributed by atoms with van der Waals surface area (Å²) in [6.45, 7) is 4.10. The SMILES string of the molecule is CCn1c(=O)c(C)nc2cc(C(=O)OCc3ccc(F)cc3)ccc21. The molecule has 6 heteroatoms. The van der Waals surface area contributed by atoms with Crippen molar-refractivity contribution in [2.24, 2.45) is 0 Å². The lowest BCUT2D eigenvalue weighted by Gasteiger charge is -2.10. The second-order valence-electron chi connectivity index (χ2n) is 5.65. The first-order chi connectivity index (χ1) is 12.0. The summed E-state index contributed by atoms with van der Waals surface area (Å²) in [6.07, 6.45) is 0. The third-order valence-electron chi connectivity index (χ3n) is 3.94. The van der Waals surface area contributed by atoms with Gasteiger partial charge in [0, 0.05) is 6.54 Å². The first-order valence-corrected chi connectivity index (χ1v) is 7.92. The van der Waals surface area contributed by atoms with Crippen molar-refractivity contribution < 1.29 is 13.9 Å². The van der Waals surface area contributed by atoms with Crippen molar-refractivity contribution in [3.05, 3.63) is 75.5 Å². The minimum atomic E-state index is -0.500. The largest absolute Gasteiger partial charge is 0.457 e. The number of hydrogen-bond donors (Lipinski definition) is 0. The molecule has 0 N–H and O–H groups in total. The summed E-state index contributed by atoms with van der Waals surface area (Å²) >= 11 is 0. The predicted octanol–water partition coefficient (Wildman–Crippen LogP) is 3.22. The van der Waals surface area contributed by atoms with Crippen LogP contribution in [-0.4, -0.2) is 15.5 Å². The Morgan fingerprint density at radius 3 is 2.60 bits per heavy atom. The van der Waals surface area contributed by atoms with Crippen LogP contribution in [-0.2, 0) is 17.9 Å². The summed E-state index contributed by atoms with van der Waals surface area (Å²) in [4.78, 5) is 28.6. The van der Waals surface area contributed by atoms with Gasteiger partial charge in [-0.3, -0.25) is 4.79 Å². The van der Waals surface area contributed by atoms with Crippen LogP contribution in [0, 0.1) is 12.7 Å². The molecule has 25 heavy (non-hydrogen) atoms. The summed E-state index contributed by atoms with van der Waals surface area (Å²) < 4.78 is 19.8. The fourth-order valence-corrected chi connectivity index (χ4v) is 2.63. The molecule has 128 valence electrons. The molecule has 0 fully saturated rings. The van der Waals surface area contributed by atoms with Crippen LogP contribution in [0.1, 0.15) is 28.5 Å². The van der Waals surface area contributed by atoms with Crippen LogP contribution in [0.25, 0.3) is 11.0 Å². The highest BCUT2D eigenvalue weighted by atomic mass is 19.1. The average Bonchev–Trinajstić information content (AvgIpc) is 2.61. The lowest BCUT2D eigenvalue weighted by molar-refractivity contribution is 0.0473.